The smallest absolute Gasteiger partial charge is 0.0193 e. The largest absolute Gasteiger partial charge is 0.313 e. The molecule has 3 atom stereocenters. The first-order chi connectivity index (χ1) is 6.34. The van der Waals surface area contributed by atoms with Crippen molar-refractivity contribution < 1.29 is 0 Å². The van der Waals surface area contributed by atoms with Gasteiger partial charge in [-0.05, 0) is 44.6 Å². The van der Waals surface area contributed by atoms with Crippen LogP contribution in [0.2, 0.25) is 0 Å². The van der Waals surface area contributed by atoms with E-state index in [1.807, 2.05) is 0 Å². The monoisotopic (exact) mass is 182 g/mol. The predicted molar refractivity (Wildman–Crippen MR) is 55.8 cm³/mol. The Morgan fingerprint density at radius 1 is 1.31 bits per heavy atom. The summed E-state index contributed by atoms with van der Waals surface area (Å²) in [4.78, 5) is 0. The number of hydrogen-bond acceptors (Lipinski definition) is 2. The third-order valence-electron chi connectivity index (χ3n) is 3.51. The van der Waals surface area contributed by atoms with Crippen LogP contribution in [0.4, 0.5) is 0 Å². The lowest BCUT2D eigenvalue weighted by Crippen LogP contribution is -2.38. The van der Waals surface area contributed by atoms with E-state index >= 15 is 0 Å². The molecule has 2 nitrogen and oxygen atoms in total. The molecular weight excluding hydrogens is 160 g/mol. The van der Waals surface area contributed by atoms with Crippen LogP contribution in [0.15, 0.2) is 0 Å². The van der Waals surface area contributed by atoms with Gasteiger partial charge in [-0.2, -0.15) is 0 Å². The molecular formula is C11H22N2. The lowest BCUT2D eigenvalue weighted by Gasteiger charge is -2.16. The van der Waals surface area contributed by atoms with E-state index in [2.05, 4.69) is 17.6 Å². The van der Waals surface area contributed by atoms with Gasteiger partial charge in [-0.3, -0.25) is 0 Å². The molecule has 0 aromatic carbocycles. The molecule has 2 rings (SSSR count). The Balaban J connectivity index is 1.62. The fourth-order valence-corrected chi connectivity index (χ4v) is 2.63. The predicted octanol–water partition coefficient (Wildman–Crippen LogP) is 1.52. The summed E-state index contributed by atoms with van der Waals surface area (Å²) in [5, 5.41) is 7.22. The average molecular weight is 182 g/mol. The van der Waals surface area contributed by atoms with Crippen LogP contribution in [0.3, 0.4) is 0 Å². The zero-order chi connectivity index (χ0) is 9.10. The Morgan fingerprint density at radius 2 is 2.23 bits per heavy atom. The molecule has 2 aliphatic rings. The van der Waals surface area contributed by atoms with E-state index in [-0.39, 0.29) is 0 Å². The summed E-state index contributed by atoms with van der Waals surface area (Å²) in [5.74, 6) is 0.953. The molecule has 2 N–H and O–H groups in total. The average Bonchev–Trinajstić information content (AvgIpc) is 2.71. The summed E-state index contributed by atoms with van der Waals surface area (Å²) in [5.41, 5.74) is 0. The Morgan fingerprint density at radius 3 is 2.85 bits per heavy atom. The molecule has 0 bridgehead atoms. The second kappa shape index (κ2) is 4.43. The van der Waals surface area contributed by atoms with Crippen molar-refractivity contribution in [2.24, 2.45) is 5.92 Å². The summed E-state index contributed by atoms with van der Waals surface area (Å²) in [6.45, 7) is 4.79. The lowest BCUT2D eigenvalue weighted by atomic mass is 10.1. The minimum atomic E-state index is 0.760. The van der Waals surface area contributed by atoms with Crippen LogP contribution in [0.25, 0.3) is 0 Å². The van der Waals surface area contributed by atoms with E-state index in [0.717, 1.165) is 18.0 Å². The summed E-state index contributed by atoms with van der Waals surface area (Å²) < 4.78 is 0. The highest BCUT2D eigenvalue weighted by Gasteiger charge is 2.22. The van der Waals surface area contributed by atoms with Crippen molar-refractivity contribution in [3.05, 3.63) is 0 Å². The molecule has 0 radical (unpaired) electrons. The summed E-state index contributed by atoms with van der Waals surface area (Å²) >= 11 is 0. The number of hydrogen-bond donors (Lipinski definition) is 2. The van der Waals surface area contributed by atoms with E-state index in [4.69, 9.17) is 0 Å². The molecule has 0 spiro atoms. The normalized spacial score (nSPS) is 39.9. The Kier molecular flexibility index (Phi) is 3.23. The standard InChI is InChI=1S/C11H22N2/c1-9-4-5-10(7-9)13-8-11-3-2-6-12-11/h9-13H,2-8H2,1H3/t9?,10?,11-/m1/s1. The summed E-state index contributed by atoms with van der Waals surface area (Å²) in [7, 11) is 0. The molecule has 0 amide bonds. The molecule has 1 aliphatic carbocycles. The minimum Gasteiger partial charge on any atom is -0.313 e. The van der Waals surface area contributed by atoms with Crippen LogP contribution < -0.4 is 10.6 Å². The number of rotatable bonds is 3. The van der Waals surface area contributed by atoms with E-state index in [9.17, 15) is 0 Å². The van der Waals surface area contributed by atoms with Crippen molar-refractivity contribution in [2.45, 2.75) is 51.1 Å². The number of nitrogens with one attached hydrogen (secondary N) is 2. The zero-order valence-corrected chi connectivity index (χ0v) is 8.68. The van der Waals surface area contributed by atoms with Gasteiger partial charge in [0.15, 0.2) is 0 Å². The topological polar surface area (TPSA) is 24.1 Å². The SMILES string of the molecule is CC1CCC(NC[C@H]2CCCN2)C1. The van der Waals surface area contributed by atoms with E-state index < -0.39 is 0 Å². The Labute approximate surface area is 81.5 Å². The van der Waals surface area contributed by atoms with Gasteiger partial charge >= 0.3 is 0 Å². The first-order valence-corrected chi connectivity index (χ1v) is 5.81. The Bertz CT molecular complexity index is 152. The molecule has 1 aliphatic heterocycles. The van der Waals surface area contributed by atoms with Crippen molar-refractivity contribution >= 4 is 0 Å². The van der Waals surface area contributed by atoms with Gasteiger partial charge in [0.1, 0.15) is 0 Å². The second-order valence-electron chi connectivity index (χ2n) is 4.82. The van der Waals surface area contributed by atoms with Crippen molar-refractivity contribution in [2.75, 3.05) is 13.1 Å². The summed E-state index contributed by atoms with van der Waals surface area (Å²) in [6.07, 6.45) is 6.96. The van der Waals surface area contributed by atoms with Gasteiger partial charge in [0.2, 0.25) is 0 Å². The molecule has 2 unspecified atom stereocenters. The molecule has 1 saturated carbocycles. The van der Waals surface area contributed by atoms with Crippen LogP contribution in [0.5, 0.6) is 0 Å². The van der Waals surface area contributed by atoms with Crippen LogP contribution in [-0.2, 0) is 0 Å². The van der Waals surface area contributed by atoms with Crippen molar-refractivity contribution in [3.8, 4) is 0 Å². The molecule has 13 heavy (non-hydrogen) atoms. The quantitative estimate of drug-likeness (QED) is 0.691. The molecule has 0 aromatic rings. The third-order valence-corrected chi connectivity index (χ3v) is 3.51. The van der Waals surface area contributed by atoms with Gasteiger partial charge in [-0.15, -0.1) is 0 Å². The minimum absolute atomic E-state index is 0.760. The van der Waals surface area contributed by atoms with E-state index in [1.165, 1.54) is 45.2 Å². The Hall–Kier alpha value is -0.0800. The van der Waals surface area contributed by atoms with Crippen LogP contribution in [0.1, 0.15) is 39.0 Å². The highest BCUT2D eigenvalue weighted by molar-refractivity contribution is 4.82. The maximum atomic E-state index is 3.69. The molecule has 2 heteroatoms. The lowest BCUT2D eigenvalue weighted by molar-refractivity contribution is 0.455. The maximum absolute atomic E-state index is 3.69. The fourth-order valence-electron chi connectivity index (χ4n) is 2.63. The van der Waals surface area contributed by atoms with Crippen LogP contribution in [0, 0.1) is 5.92 Å². The highest BCUT2D eigenvalue weighted by atomic mass is 15.0. The van der Waals surface area contributed by atoms with E-state index in [0.29, 0.717) is 0 Å². The molecule has 0 aromatic heterocycles. The zero-order valence-electron chi connectivity index (χ0n) is 8.68. The summed E-state index contributed by atoms with van der Waals surface area (Å²) in [6, 6.07) is 1.58. The van der Waals surface area contributed by atoms with Crippen molar-refractivity contribution in [1.82, 2.24) is 10.6 Å². The molecule has 2 fully saturated rings. The van der Waals surface area contributed by atoms with Gasteiger partial charge in [-0.1, -0.05) is 6.92 Å². The highest BCUT2D eigenvalue weighted by Crippen LogP contribution is 2.24. The van der Waals surface area contributed by atoms with Gasteiger partial charge in [0, 0.05) is 18.6 Å². The first-order valence-electron chi connectivity index (χ1n) is 5.81. The van der Waals surface area contributed by atoms with Gasteiger partial charge in [-0.25, -0.2) is 0 Å². The molecule has 1 saturated heterocycles. The second-order valence-corrected chi connectivity index (χ2v) is 4.82. The van der Waals surface area contributed by atoms with Gasteiger partial charge < -0.3 is 10.6 Å². The fraction of sp³-hybridized carbons (Fsp3) is 1.00. The van der Waals surface area contributed by atoms with Gasteiger partial charge in [0.25, 0.3) is 0 Å². The maximum Gasteiger partial charge on any atom is 0.0193 e. The van der Waals surface area contributed by atoms with Crippen LogP contribution in [-0.4, -0.2) is 25.2 Å². The van der Waals surface area contributed by atoms with Crippen molar-refractivity contribution in [1.29, 1.82) is 0 Å². The molecule has 76 valence electrons. The first kappa shape index (κ1) is 9.47. The van der Waals surface area contributed by atoms with E-state index in [1.54, 1.807) is 0 Å². The van der Waals surface area contributed by atoms with Crippen molar-refractivity contribution in [3.63, 3.8) is 0 Å². The van der Waals surface area contributed by atoms with Gasteiger partial charge in [0.05, 0.1) is 0 Å². The third kappa shape index (κ3) is 2.68. The molecule has 1 heterocycles. The van der Waals surface area contributed by atoms with Crippen LogP contribution >= 0.6 is 0 Å².